The number of amides is 2. The van der Waals surface area contributed by atoms with Crippen molar-refractivity contribution in [3.05, 3.63) is 58.9 Å². The highest BCUT2D eigenvalue weighted by Crippen LogP contribution is 2.23. The van der Waals surface area contributed by atoms with Gasteiger partial charge in [-0.15, -0.1) is 0 Å². The minimum atomic E-state index is -0.216. The molecule has 0 saturated carbocycles. The van der Waals surface area contributed by atoms with E-state index in [0.717, 1.165) is 17.7 Å². The third-order valence-electron chi connectivity index (χ3n) is 5.09. The Morgan fingerprint density at radius 1 is 1.21 bits per heavy atom. The van der Waals surface area contributed by atoms with Gasteiger partial charge in [-0.1, -0.05) is 37.3 Å². The highest BCUT2D eigenvalue weighted by Gasteiger charge is 2.27. The predicted octanol–water partition coefficient (Wildman–Crippen LogP) is 2.66. The number of nitrogens with zero attached hydrogens (tertiary/aromatic N) is 1. The maximum Gasteiger partial charge on any atom is 0.268 e. The molecule has 29 heavy (non-hydrogen) atoms. The van der Waals surface area contributed by atoms with Gasteiger partial charge in [0.25, 0.3) is 11.8 Å². The molecule has 7 heteroatoms. The lowest BCUT2D eigenvalue weighted by molar-refractivity contribution is 0.0767. The second-order valence-electron chi connectivity index (χ2n) is 7.27. The number of carbonyl (C=O) groups is 2. The Hall–Kier alpha value is -2.64. The first-order valence-corrected chi connectivity index (χ1v) is 10.0. The summed E-state index contributed by atoms with van der Waals surface area (Å²) in [4.78, 5) is 25.9. The monoisotopic (exact) mass is 399 g/mol. The lowest BCUT2D eigenvalue weighted by Gasteiger charge is -2.21. The molecule has 2 aromatic rings. The summed E-state index contributed by atoms with van der Waals surface area (Å²) in [6.07, 6.45) is 0.768. The van der Waals surface area contributed by atoms with Gasteiger partial charge in [0.05, 0.1) is 37.1 Å². The van der Waals surface area contributed by atoms with Crippen LogP contribution in [0.25, 0.3) is 0 Å². The summed E-state index contributed by atoms with van der Waals surface area (Å²) < 4.78 is 12.5. The van der Waals surface area contributed by atoms with Gasteiger partial charge in [0, 0.05) is 19.7 Å². The Kier molecular flexibility index (Phi) is 7.06. The summed E-state index contributed by atoms with van der Waals surface area (Å²) >= 11 is 0. The second kappa shape index (κ2) is 9.71. The molecule has 1 unspecified atom stereocenters. The maximum absolute atomic E-state index is 13.1. The fraction of sp³-hybridized carbons (Fsp3) is 0.455. The van der Waals surface area contributed by atoms with Gasteiger partial charge in [0.15, 0.2) is 0 Å². The normalized spacial score (nSPS) is 15.3. The minimum absolute atomic E-state index is 0.0947. The van der Waals surface area contributed by atoms with Gasteiger partial charge in [0.2, 0.25) is 0 Å². The Morgan fingerprint density at radius 2 is 1.97 bits per heavy atom. The molecule has 0 spiro atoms. The van der Waals surface area contributed by atoms with E-state index in [1.54, 1.807) is 13.2 Å². The summed E-state index contributed by atoms with van der Waals surface area (Å²) in [5.41, 5.74) is 2.76. The van der Waals surface area contributed by atoms with E-state index >= 15 is 0 Å². The van der Waals surface area contributed by atoms with Crippen molar-refractivity contribution in [2.45, 2.75) is 45.5 Å². The second-order valence-corrected chi connectivity index (χ2v) is 7.27. The van der Waals surface area contributed by atoms with Gasteiger partial charge < -0.3 is 24.7 Å². The van der Waals surface area contributed by atoms with Crippen LogP contribution in [0.2, 0.25) is 0 Å². The van der Waals surface area contributed by atoms with E-state index in [1.165, 1.54) is 0 Å². The molecule has 1 aliphatic heterocycles. The molecule has 0 radical (unpaired) electrons. The Morgan fingerprint density at radius 3 is 2.66 bits per heavy atom. The van der Waals surface area contributed by atoms with Crippen molar-refractivity contribution in [3.63, 3.8) is 0 Å². The van der Waals surface area contributed by atoms with E-state index in [-0.39, 0.29) is 23.9 Å². The molecular weight excluding hydrogens is 370 g/mol. The number of hydrogen-bond donors (Lipinski definition) is 2. The molecule has 2 heterocycles. The van der Waals surface area contributed by atoms with Crippen LogP contribution in [0.4, 0.5) is 0 Å². The number of benzene rings is 1. The number of ether oxygens (including phenoxy) is 2. The fourth-order valence-electron chi connectivity index (χ4n) is 3.64. The van der Waals surface area contributed by atoms with E-state index in [9.17, 15) is 9.59 Å². The zero-order chi connectivity index (χ0) is 20.8. The lowest BCUT2D eigenvalue weighted by atomic mass is 10.0. The number of fused-ring (bicyclic) bond motifs is 1. The van der Waals surface area contributed by atoms with Crippen LogP contribution in [0.1, 0.15) is 58.4 Å². The minimum Gasteiger partial charge on any atom is -0.383 e. The highest BCUT2D eigenvalue weighted by atomic mass is 16.5. The summed E-state index contributed by atoms with van der Waals surface area (Å²) in [7, 11) is 1.60. The van der Waals surface area contributed by atoms with Crippen molar-refractivity contribution in [1.82, 2.24) is 15.2 Å². The van der Waals surface area contributed by atoms with E-state index < -0.39 is 0 Å². The highest BCUT2D eigenvalue weighted by molar-refractivity contribution is 6.01. The first kappa shape index (κ1) is 21.1. The van der Waals surface area contributed by atoms with Crippen molar-refractivity contribution in [1.29, 1.82) is 0 Å². The van der Waals surface area contributed by atoms with Crippen molar-refractivity contribution in [3.8, 4) is 0 Å². The number of rotatable bonds is 8. The molecule has 2 N–H and O–H groups in total. The first-order chi connectivity index (χ1) is 14.0. The molecular formula is C22H29N3O4. The molecule has 156 valence electrons. The molecule has 7 nitrogen and oxygen atoms in total. The van der Waals surface area contributed by atoms with Gasteiger partial charge in [-0.05, 0) is 25.0 Å². The quantitative estimate of drug-likeness (QED) is 0.715. The van der Waals surface area contributed by atoms with Gasteiger partial charge >= 0.3 is 0 Å². The summed E-state index contributed by atoms with van der Waals surface area (Å²) in [5.74, 6) is -0.411. The summed E-state index contributed by atoms with van der Waals surface area (Å²) in [6.45, 7) is 5.70. The maximum atomic E-state index is 13.1. The summed E-state index contributed by atoms with van der Waals surface area (Å²) in [5, 5.41) is 6.02. The van der Waals surface area contributed by atoms with Crippen molar-refractivity contribution < 1.29 is 19.1 Å². The number of carbonyl (C=O) groups excluding carboxylic acids is 2. The molecule has 2 amide bonds. The number of aromatic nitrogens is 1. The van der Waals surface area contributed by atoms with Crippen LogP contribution >= 0.6 is 0 Å². The molecule has 0 aliphatic carbocycles. The van der Waals surface area contributed by atoms with Crippen LogP contribution in [-0.4, -0.2) is 42.7 Å². The third kappa shape index (κ3) is 4.86. The van der Waals surface area contributed by atoms with E-state index in [1.807, 2.05) is 48.7 Å². The number of hydrogen-bond acceptors (Lipinski definition) is 4. The Balaban J connectivity index is 1.84. The average Bonchev–Trinajstić information content (AvgIpc) is 3.12. The zero-order valence-corrected chi connectivity index (χ0v) is 17.2. The smallest absolute Gasteiger partial charge is 0.268 e. The topological polar surface area (TPSA) is 81.6 Å². The fourth-order valence-corrected chi connectivity index (χ4v) is 3.64. The predicted molar refractivity (Wildman–Crippen MR) is 110 cm³/mol. The molecule has 1 aromatic carbocycles. The van der Waals surface area contributed by atoms with Crippen LogP contribution in [-0.2, 0) is 22.6 Å². The van der Waals surface area contributed by atoms with E-state index in [4.69, 9.17) is 9.47 Å². The standard InChI is InChI=1S/C22H29N3O4/c1-4-18(16-8-6-5-7-9-16)24-21(26)17-12-19(22(27)23-15(2)13-28-3)25-10-11-29-14-20(17)25/h5-9,12,15,18H,4,10-11,13-14H2,1-3H3,(H,23,27)(H,24,26)/t15?,18-/m1/s1. The average molecular weight is 399 g/mol. The van der Waals surface area contributed by atoms with E-state index in [2.05, 4.69) is 10.6 Å². The van der Waals surface area contributed by atoms with Crippen molar-refractivity contribution in [2.75, 3.05) is 20.3 Å². The lowest BCUT2D eigenvalue weighted by Crippen LogP contribution is -2.37. The molecule has 0 saturated heterocycles. The van der Waals surface area contributed by atoms with Gasteiger partial charge in [-0.3, -0.25) is 9.59 Å². The van der Waals surface area contributed by atoms with Crippen molar-refractivity contribution in [2.24, 2.45) is 0 Å². The van der Waals surface area contributed by atoms with Crippen LogP contribution in [0.5, 0.6) is 0 Å². The molecule has 3 rings (SSSR count). The largest absolute Gasteiger partial charge is 0.383 e. The van der Waals surface area contributed by atoms with Gasteiger partial charge in [-0.2, -0.15) is 0 Å². The molecule has 0 fully saturated rings. The zero-order valence-electron chi connectivity index (χ0n) is 17.2. The van der Waals surface area contributed by atoms with Gasteiger partial charge in [0.1, 0.15) is 5.69 Å². The molecule has 2 atom stereocenters. The first-order valence-electron chi connectivity index (χ1n) is 10.0. The van der Waals surface area contributed by atoms with Crippen LogP contribution < -0.4 is 10.6 Å². The molecule has 1 aromatic heterocycles. The molecule has 1 aliphatic rings. The Labute approximate surface area is 171 Å². The third-order valence-corrected chi connectivity index (χ3v) is 5.09. The Bertz CT molecular complexity index is 847. The van der Waals surface area contributed by atoms with Crippen LogP contribution in [0, 0.1) is 0 Å². The number of nitrogens with one attached hydrogen (secondary N) is 2. The molecule has 0 bridgehead atoms. The van der Waals surface area contributed by atoms with Crippen LogP contribution in [0.15, 0.2) is 36.4 Å². The SMILES string of the molecule is CC[C@@H](NC(=O)c1cc(C(=O)NC(C)COC)n2c1COCC2)c1ccccc1. The van der Waals surface area contributed by atoms with E-state index in [0.29, 0.717) is 37.6 Å². The van der Waals surface area contributed by atoms with Crippen molar-refractivity contribution >= 4 is 11.8 Å². The van der Waals surface area contributed by atoms with Gasteiger partial charge in [-0.25, -0.2) is 0 Å². The number of methoxy groups -OCH3 is 1. The van der Waals surface area contributed by atoms with Crippen LogP contribution in [0.3, 0.4) is 0 Å². The summed E-state index contributed by atoms with van der Waals surface area (Å²) in [6, 6.07) is 11.3.